The van der Waals surface area contributed by atoms with Crippen LogP contribution in [0.5, 0.6) is 0 Å². The fraction of sp³-hybridized carbons (Fsp3) is 0.0588. The Hall–Kier alpha value is -2.18. The third kappa shape index (κ3) is 2.64. The van der Waals surface area contributed by atoms with Gasteiger partial charge in [-0.15, -0.1) is 5.10 Å². The maximum atomic E-state index is 4.37. The van der Waals surface area contributed by atoms with Crippen LogP contribution in [0, 0.1) is 0 Å². The number of fused-ring (bicyclic) bond motifs is 2. The summed E-state index contributed by atoms with van der Waals surface area (Å²) in [5, 5.41) is 9.77. The van der Waals surface area contributed by atoms with Gasteiger partial charge in [0.25, 0.3) is 0 Å². The van der Waals surface area contributed by atoms with Gasteiger partial charge >= 0.3 is 0 Å². The van der Waals surface area contributed by atoms with E-state index in [9.17, 15) is 0 Å². The summed E-state index contributed by atoms with van der Waals surface area (Å²) < 4.78 is 4.32. The molecule has 6 heteroatoms. The average Bonchev–Trinajstić information content (AvgIpc) is 3.10. The number of para-hydroxylation sites is 1. The van der Waals surface area contributed by atoms with Crippen molar-refractivity contribution in [3.8, 4) is 0 Å². The van der Waals surface area contributed by atoms with Crippen LogP contribution < -0.4 is 4.80 Å². The molecule has 0 aliphatic carbocycles. The zero-order valence-corrected chi connectivity index (χ0v) is 14.7. The van der Waals surface area contributed by atoms with Gasteiger partial charge in [-0.2, -0.15) is 5.10 Å². The first kappa shape index (κ1) is 14.4. The van der Waals surface area contributed by atoms with Crippen molar-refractivity contribution in [2.24, 2.45) is 17.3 Å². The zero-order valence-electron chi connectivity index (χ0n) is 12.3. The number of rotatable bonds is 2. The van der Waals surface area contributed by atoms with E-state index >= 15 is 0 Å². The van der Waals surface area contributed by atoms with Gasteiger partial charge in [-0.1, -0.05) is 39.4 Å². The van der Waals surface area contributed by atoms with Gasteiger partial charge in [-0.3, -0.25) is 0 Å². The smallest absolute Gasteiger partial charge is 0.211 e. The molecule has 0 aliphatic rings. The number of H-pyrrole nitrogens is 1. The minimum Gasteiger partial charge on any atom is -0.361 e. The van der Waals surface area contributed by atoms with Gasteiger partial charge in [0, 0.05) is 34.2 Å². The van der Waals surface area contributed by atoms with Crippen LogP contribution >= 0.6 is 27.3 Å². The van der Waals surface area contributed by atoms with Crippen LogP contribution in [0.15, 0.2) is 63.3 Å². The number of aromatic amines is 1. The van der Waals surface area contributed by atoms with Gasteiger partial charge in [0.05, 0.1) is 16.4 Å². The molecule has 0 bridgehead atoms. The SMILES string of the molecule is Cn1c(=NN=Cc2c[nH]c3ccc(Br)cc23)sc2ccccc21. The van der Waals surface area contributed by atoms with E-state index in [4.69, 9.17) is 0 Å². The fourth-order valence-electron chi connectivity index (χ4n) is 2.54. The predicted molar refractivity (Wildman–Crippen MR) is 100.0 cm³/mol. The lowest BCUT2D eigenvalue weighted by atomic mass is 10.2. The Morgan fingerprint density at radius 3 is 2.96 bits per heavy atom. The van der Waals surface area contributed by atoms with E-state index < -0.39 is 0 Å². The minimum atomic E-state index is 0.878. The molecule has 4 rings (SSSR count). The molecular weight excluding hydrogens is 372 g/mol. The fourth-order valence-corrected chi connectivity index (χ4v) is 3.88. The minimum absolute atomic E-state index is 0.878. The van der Waals surface area contributed by atoms with Crippen LogP contribution in [0.3, 0.4) is 0 Å². The molecule has 0 spiro atoms. The largest absolute Gasteiger partial charge is 0.361 e. The summed E-state index contributed by atoms with van der Waals surface area (Å²) in [6.45, 7) is 0. The summed E-state index contributed by atoms with van der Waals surface area (Å²) in [5.41, 5.74) is 3.28. The number of aryl methyl sites for hydroxylation is 1. The quantitative estimate of drug-likeness (QED) is 0.392. The van der Waals surface area contributed by atoms with Crippen molar-refractivity contribution < 1.29 is 0 Å². The number of nitrogens with zero attached hydrogens (tertiary/aromatic N) is 3. The summed E-state index contributed by atoms with van der Waals surface area (Å²) in [6.07, 6.45) is 3.73. The molecule has 1 N–H and O–H groups in total. The number of hydrogen-bond acceptors (Lipinski definition) is 3. The molecule has 114 valence electrons. The number of nitrogens with one attached hydrogen (secondary N) is 1. The Bertz CT molecular complexity index is 1100. The standard InChI is InChI=1S/C17H13BrN4S/c1-22-15-4-2-3-5-16(15)23-17(22)21-20-10-11-9-19-14-7-6-12(18)8-13(11)14/h2-10,19H,1H3. The second-order valence-corrected chi connectivity index (χ2v) is 7.11. The molecule has 4 nitrogen and oxygen atoms in total. The van der Waals surface area contributed by atoms with Crippen molar-refractivity contribution in [3.05, 3.63) is 63.5 Å². The third-order valence-electron chi connectivity index (χ3n) is 3.73. The molecule has 0 saturated heterocycles. The highest BCUT2D eigenvalue weighted by Gasteiger charge is 2.02. The van der Waals surface area contributed by atoms with Gasteiger partial charge in [0.2, 0.25) is 4.80 Å². The zero-order chi connectivity index (χ0) is 15.8. The van der Waals surface area contributed by atoms with Gasteiger partial charge in [0.1, 0.15) is 0 Å². The first-order valence-corrected chi connectivity index (χ1v) is 8.71. The summed E-state index contributed by atoms with van der Waals surface area (Å²) in [6, 6.07) is 14.4. The van der Waals surface area contributed by atoms with Crippen LogP contribution in [-0.4, -0.2) is 15.8 Å². The van der Waals surface area contributed by atoms with Crippen molar-refractivity contribution in [1.29, 1.82) is 0 Å². The lowest BCUT2D eigenvalue weighted by molar-refractivity contribution is 0.889. The van der Waals surface area contributed by atoms with Gasteiger partial charge in [-0.05, 0) is 30.3 Å². The molecule has 0 amide bonds. The molecule has 4 aromatic rings. The topological polar surface area (TPSA) is 45.4 Å². The summed E-state index contributed by atoms with van der Waals surface area (Å²) in [7, 11) is 2.01. The highest BCUT2D eigenvalue weighted by molar-refractivity contribution is 9.10. The first-order valence-electron chi connectivity index (χ1n) is 7.10. The van der Waals surface area contributed by atoms with Crippen LogP contribution in [0.1, 0.15) is 5.56 Å². The molecule has 0 radical (unpaired) electrons. The Morgan fingerprint density at radius 2 is 2.09 bits per heavy atom. The van der Waals surface area contributed by atoms with Crippen LogP contribution in [0.4, 0.5) is 0 Å². The van der Waals surface area contributed by atoms with E-state index in [1.165, 1.54) is 10.2 Å². The maximum Gasteiger partial charge on any atom is 0.211 e. The summed E-state index contributed by atoms with van der Waals surface area (Å²) >= 11 is 5.14. The van der Waals surface area contributed by atoms with Crippen molar-refractivity contribution >= 4 is 54.6 Å². The lowest BCUT2D eigenvalue weighted by Gasteiger charge is -1.93. The molecule has 2 aromatic carbocycles. The van der Waals surface area contributed by atoms with Crippen LogP contribution in [0.25, 0.3) is 21.1 Å². The van der Waals surface area contributed by atoms with E-state index in [-0.39, 0.29) is 0 Å². The van der Waals surface area contributed by atoms with E-state index in [1.807, 2.05) is 37.5 Å². The Balaban J connectivity index is 1.75. The van der Waals surface area contributed by atoms with Gasteiger partial charge in [0.15, 0.2) is 0 Å². The number of halogens is 1. The van der Waals surface area contributed by atoms with Crippen molar-refractivity contribution in [3.63, 3.8) is 0 Å². The summed E-state index contributed by atoms with van der Waals surface area (Å²) in [4.78, 5) is 4.12. The Kier molecular flexibility index (Phi) is 3.63. The molecule has 2 heterocycles. The molecule has 23 heavy (non-hydrogen) atoms. The number of aromatic nitrogens is 2. The molecular formula is C17H13BrN4S. The Morgan fingerprint density at radius 1 is 1.22 bits per heavy atom. The number of thiazole rings is 1. The average molecular weight is 385 g/mol. The molecule has 0 unspecified atom stereocenters. The van der Waals surface area contributed by atoms with E-state index in [1.54, 1.807) is 17.6 Å². The first-order chi connectivity index (χ1) is 11.2. The monoisotopic (exact) mass is 384 g/mol. The van der Waals surface area contributed by atoms with E-state index in [0.717, 1.165) is 25.7 Å². The van der Waals surface area contributed by atoms with Crippen LogP contribution in [0.2, 0.25) is 0 Å². The van der Waals surface area contributed by atoms with E-state index in [0.29, 0.717) is 0 Å². The molecule has 0 atom stereocenters. The summed E-state index contributed by atoms with van der Waals surface area (Å²) in [5.74, 6) is 0. The van der Waals surface area contributed by atoms with Crippen molar-refractivity contribution in [2.75, 3.05) is 0 Å². The number of benzene rings is 2. The van der Waals surface area contributed by atoms with Crippen molar-refractivity contribution in [1.82, 2.24) is 9.55 Å². The Labute approximate surface area is 144 Å². The molecule has 0 fully saturated rings. The second-order valence-electron chi connectivity index (χ2n) is 5.19. The normalized spacial score (nSPS) is 12.9. The van der Waals surface area contributed by atoms with Crippen molar-refractivity contribution in [2.45, 2.75) is 0 Å². The van der Waals surface area contributed by atoms with E-state index in [2.05, 4.69) is 53.9 Å². The lowest BCUT2D eigenvalue weighted by Crippen LogP contribution is -2.08. The maximum absolute atomic E-state index is 4.37. The molecule has 0 aliphatic heterocycles. The third-order valence-corrected chi connectivity index (χ3v) is 5.33. The highest BCUT2D eigenvalue weighted by Crippen LogP contribution is 2.21. The molecule has 0 saturated carbocycles. The number of hydrogen-bond donors (Lipinski definition) is 1. The highest BCUT2D eigenvalue weighted by atomic mass is 79.9. The second kappa shape index (κ2) is 5.79. The predicted octanol–water partition coefficient (Wildman–Crippen LogP) is 4.42. The molecule has 2 aromatic heterocycles. The van der Waals surface area contributed by atoms with Crippen LogP contribution in [-0.2, 0) is 7.05 Å². The van der Waals surface area contributed by atoms with Gasteiger partial charge in [-0.25, -0.2) is 0 Å². The van der Waals surface area contributed by atoms with Gasteiger partial charge < -0.3 is 9.55 Å².